The SMILES string of the molecule is COc1ccc(N2CCN(C(=O)COc3cccc(C)c3)CC2)nn1. The lowest BCUT2D eigenvalue weighted by molar-refractivity contribution is -0.133. The molecule has 1 fully saturated rings. The van der Waals surface area contributed by atoms with Crippen LogP contribution in [0.15, 0.2) is 36.4 Å². The Hall–Kier alpha value is -2.83. The van der Waals surface area contributed by atoms with Gasteiger partial charge in [-0.1, -0.05) is 12.1 Å². The largest absolute Gasteiger partial charge is 0.484 e. The van der Waals surface area contributed by atoms with Gasteiger partial charge in [0.1, 0.15) is 5.75 Å². The van der Waals surface area contributed by atoms with Crippen molar-refractivity contribution in [2.75, 3.05) is 44.8 Å². The molecule has 3 rings (SSSR count). The molecule has 132 valence electrons. The van der Waals surface area contributed by atoms with E-state index < -0.39 is 0 Å². The van der Waals surface area contributed by atoms with Gasteiger partial charge in [-0.25, -0.2) is 0 Å². The van der Waals surface area contributed by atoms with Gasteiger partial charge in [-0.05, 0) is 30.7 Å². The average Bonchev–Trinajstić information content (AvgIpc) is 2.66. The van der Waals surface area contributed by atoms with Gasteiger partial charge < -0.3 is 19.3 Å². The number of hydrogen-bond donors (Lipinski definition) is 0. The molecule has 0 bridgehead atoms. The van der Waals surface area contributed by atoms with Crippen LogP contribution in [0.5, 0.6) is 11.6 Å². The summed E-state index contributed by atoms with van der Waals surface area (Å²) >= 11 is 0. The van der Waals surface area contributed by atoms with Gasteiger partial charge in [0.05, 0.1) is 7.11 Å². The fourth-order valence-electron chi connectivity index (χ4n) is 2.72. The van der Waals surface area contributed by atoms with Crippen molar-refractivity contribution in [2.24, 2.45) is 0 Å². The molecule has 1 saturated heterocycles. The number of rotatable bonds is 5. The summed E-state index contributed by atoms with van der Waals surface area (Å²) in [7, 11) is 1.56. The van der Waals surface area contributed by atoms with Crippen LogP contribution < -0.4 is 14.4 Å². The zero-order chi connectivity index (χ0) is 17.6. The highest BCUT2D eigenvalue weighted by atomic mass is 16.5. The monoisotopic (exact) mass is 342 g/mol. The van der Waals surface area contributed by atoms with E-state index in [4.69, 9.17) is 9.47 Å². The minimum absolute atomic E-state index is 0.00183. The smallest absolute Gasteiger partial charge is 0.260 e. The van der Waals surface area contributed by atoms with Crippen LogP contribution in [0.2, 0.25) is 0 Å². The Bertz CT molecular complexity index is 713. The van der Waals surface area contributed by atoms with Crippen molar-refractivity contribution >= 4 is 11.7 Å². The Balaban J connectivity index is 1.48. The zero-order valence-corrected chi connectivity index (χ0v) is 14.5. The zero-order valence-electron chi connectivity index (χ0n) is 14.5. The fraction of sp³-hybridized carbons (Fsp3) is 0.389. The number of carbonyl (C=O) groups excluding carboxylic acids is 1. The van der Waals surface area contributed by atoms with Crippen molar-refractivity contribution in [1.82, 2.24) is 15.1 Å². The number of aromatic nitrogens is 2. The molecule has 7 heteroatoms. The maximum atomic E-state index is 12.3. The van der Waals surface area contributed by atoms with Crippen LogP contribution in [-0.4, -0.2) is 60.9 Å². The molecular weight excluding hydrogens is 320 g/mol. The lowest BCUT2D eigenvalue weighted by Gasteiger charge is -2.35. The van der Waals surface area contributed by atoms with E-state index in [9.17, 15) is 4.79 Å². The lowest BCUT2D eigenvalue weighted by atomic mass is 10.2. The quantitative estimate of drug-likeness (QED) is 0.821. The summed E-state index contributed by atoms with van der Waals surface area (Å²) in [5.41, 5.74) is 1.11. The number of carbonyl (C=O) groups is 1. The standard InChI is InChI=1S/C18H22N4O3/c1-14-4-3-5-15(12-14)25-13-18(23)22-10-8-21(9-11-22)16-6-7-17(24-2)20-19-16/h3-7,12H,8-11,13H2,1-2H3. The summed E-state index contributed by atoms with van der Waals surface area (Å²) < 4.78 is 10.6. The van der Waals surface area contributed by atoms with Gasteiger partial charge in [0.2, 0.25) is 5.88 Å². The number of amides is 1. The molecule has 1 aliphatic heterocycles. The number of benzene rings is 1. The van der Waals surface area contributed by atoms with Gasteiger partial charge in [-0.2, -0.15) is 0 Å². The minimum atomic E-state index is 0.00183. The van der Waals surface area contributed by atoms with Gasteiger partial charge >= 0.3 is 0 Å². The fourth-order valence-corrected chi connectivity index (χ4v) is 2.72. The summed E-state index contributed by atoms with van der Waals surface area (Å²) in [5.74, 6) is 2.01. The third-order valence-corrected chi connectivity index (χ3v) is 4.14. The molecule has 2 heterocycles. The van der Waals surface area contributed by atoms with Crippen LogP contribution in [-0.2, 0) is 4.79 Å². The Morgan fingerprint density at radius 3 is 2.56 bits per heavy atom. The van der Waals surface area contributed by atoms with Crippen LogP contribution in [0.4, 0.5) is 5.82 Å². The summed E-state index contributed by atoms with van der Waals surface area (Å²) in [6.45, 7) is 4.78. The minimum Gasteiger partial charge on any atom is -0.484 e. The molecule has 0 saturated carbocycles. The molecule has 25 heavy (non-hydrogen) atoms. The van der Waals surface area contributed by atoms with Crippen LogP contribution in [0.1, 0.15) is 5.56 Å². The Kier molecular flexibility index (Phi) is 5.33. The van der Waals surface area contributed by atoms with E-state index in [0.29, 0.717) is 19.0 Å². The van der Waals surface area contributed by atoms with E-state index in [1.807, 2.05) is 42.2 Å². The molecule has 0 N–H and O–H groups in total. The van der Waals surface area contributed by atoms with E-state index in [2.05, 4.69) is 15.1 Å². The molecule has 0 aliphatic carbocycles. The number of aryl methyl sites for hydroxylation is 1. The molecule has 1 amide bonds. The molecule has 0 atom stereocenters. The van der Waals surface area contributed by atoms with Crippen molar-refractivity contribution in [2.45, 2.75) is 6.92 Å². The van der Waals surface area contributed by atoms with Crippen molar-refractivity contribution in [1.29, 1.82) is 0 Å². The average molecular weight is 342 g/mol. The molecule has 0 spiro atoms. The first-order chi connectivity index (χ1) is 12.2. The number of hydrogen-bond acceptors (Lipinski definition) is 6. The third kappa shape index (κ3) is 4.37. The van der Waals surface area contributed by atoms with Crippen LogP contribution >= 0.6 is 0 Å². The highest BCUT2D eigenvalue weighted by molar-refractivity contribution is 5.78. The molecule has 1 aromatic heterocycles. The van der Waals surface area contributed by atoms with Gasteiger partial charge in [0, 0.05) is 32.2 Å². The summed E-state index contributed by atoms with van der Waals surface area (Å²) in [6.07, 6.45) is 0. The Morgan fingerprint density at radius 1 is 1.12 bits per heavy atom. The molecular formula is C18H22N4O3. The number of ether oxygens (including phenoxy) is 2. The van der Waals surface area contributed by atoms with Gasteiger partial charge in [-0.3, -0.25) is 4.79 Å². The number of methoxy groups -OCH3 is 1. The first kappa shape index (κ1) is 17.0. The van der Waals surface area contributed by atoms with Gasteiger partial charge in [-0.15, -0.1) is 10.2 Å². The van der Waals surface area contributed by atoms with Crippen LogP contribution in [0.25, 0.3) is 0 Å². The lowest BCUT2D eigenvalue weighted by Crippen LogP contribution is -2.50. The number of nitrogens with zero attached hydrogens (tertiary/aromatic N) is 4. The predicted molar refractivity (Wildman–Crippen MR) is 94.1 cm³/mol. The first-order valence-electron chi connectivity index (χ1n) is 8.25. The van der Waals surface area contributed by atoms with Crippen molar-refractivity contribution in [3.63, 3.8) is 0 Å². The Morgan fingerprint density at radius 2 is 1.92 bits per heavy atom. The van der Waals surface area contributed by atoms with Gasteiger partial charge in [0.15, 0.2) is 12.4 Å². The number of anilines is 1. The third-order valence-electron chi connectivity index (χ3n) is 4.14. The van der Waals surface area contributed by atoms with Crippen LogP contribution in [0.3, 0.4) is 0 Å². The Labute approximate surface area is 147 Å². The molecule has 0 radical (unpaired) electrons. The highest BCUT2D eigenvalue weighted by Gasteiger charge is 2.22. The summed E-state index contributed by atoms with van der Waals surface area (Å²) in [6, 6.07) is 11.4. The normalized spacial score (nSPS) is 14.3. The molecule has 1 aliphatic rings. The van der Waals surface area contributed by atoms with Crippen molar-refractivity contribution in [3.05, 3.63) is 42.0 Å². The molecule has 7 nitrogen and oxygen atoms in total. The van der Waals surface area contributed by atoms with E-state index >= 15 is 0 Å². The van der Waals surface area contributed by atoms with E-state index in [-0.39, 0.29) is 12.5 Å². The predicted octanol–water partition coefficient (Wildman–Crippen LogP) is 1.52. The summed E-state index contributed by atoms with van der Waals surface area (Å²) in [4.78, 5) is 16.3. The second kappa shape index (κ2) is 7.83. The van der Waals surface area contributed by atoms with Crippen molar-refractivity contribution in [3.8, 4) is 11.6 Å². The first-order valence-corrected chi connectivity index (χ1v) is 8.25. The topological polar surface area (TPSA) is 67.8 Å². The maximum absolute atomic E-state index is 12.3. The summed E-state index contributed by atoms with van der Waals surface area (Å²) in [5, 5.41) is 8.13. The van der Waals surface area contributed by atoms with E-state index in [1.165, 1.54) is 0 Å². The number of piperazine rings is 1. The molecule has 2 aromatic rings. The van der Waals surface area contributed by atoms with E-state index in [1.54, 1.807) is 13.2 Å². The molecule has 0 unspecified atom stereocenters. The van der Waals surface area contributed by atoms with E-state index in [0.717, 1.165) is 30.2 Å². The second-order valence-corrected chi connectivity index (χ2v) is 5.91. The van der Waals surface area contributed by atoms with Crippen molar-refractivity contribution < 1.29 is 14.3 Å². The second-order valence-electron chi connectivity index (χ2n) is 5.91. The van der Waals surface area contributed by atoms with Crippen LogP contribution in [0, 0.1) is 6.92 Å². The molecule has 1 aromatic carbocycles. The highest BCUT2D eigenvalue weighted by Crippen LogP contribution is 2.16. The maximum Gasteiger partial charge on any atom is 0.260 e. The van der Waals surface area contributed by atoms with Gasteiger partial charge in [0.25, 0.3) is 5.91 Å².